The summed E-state index contributed by atoms with van der Waals surface area (Å²) in [6, 6.07) is 0. The maximum absolute atomic E-state index is 5.30. The van der Waals surface area contributed by atoms with Gasteiger partial charge in [0.25, 0.3) is 0 Å². The average molecular weight is 228 g/mol. The predicted octanol–water partition coefficient (Wildman–Crippen LogP) is 1.95. The van der Waals surface area contributed by atoms with Gasteiger partial charge < -0.3 is 0 Å². The van der Waals surface area contributed by atoms with Crippen LogP contribution in [0.5, 0.6) is 0 Å². The molecule has 0 N–H and O–H groups in total. The van der Waals surface area contributed by atoms with Crippen molar-refractivity contribution in [3.05, 3.63) is 29.2 Å². The van der Waals surface area contributed by atoms with Gasteiger partial charge in [-0.25, -0.2) is 0 Å². The van der Waals surface area contributed by atoms with Crippen molar-refractivity contribution in [1.29, 1.82) is 0 Å². The van der Waals surface area contributed by atoms with Gasteiger partial charge in [0.1, 0.15) is 0 Å². The van der Waals surface area contributed by atoms with E-state index in [-0.39, 0.29) is 9.45 Å². The molecule has 2 nitrogen and oxygen atoms in total. The van der Waals surface area contributed by atoms with Crippen molar-refractivity contribution in [3.8, 4) is 0 Å². The Morgan fingerprint density at radius 3 is 2.92 bits per heavy atom. The van der Waals surface area contributed by atoms with E-state index in [1.807, 2.05) is 0 Å². The Kier molecular flexibility index (Phi) is 2.76. The predicted molar refractivity (Wildman–Crippen MR) is 61.8 cm³/mol. The van der Waals surface area contributed by atoms with Crippen LogP contribution in [-0.2, 0) is 20.6 Å². The monoisotopic (exact) mass is 228 g/mol. The lowest BCUT2D eigenvalue weighted by molar-refractivity contribution is 1.18. The van der Waals surface area contributed by atoms with Crippen molar-refractivity contribution in [3.63, 3.8) is 0 Å². The summed E-state index contributed by atoms with van der Waals surface area (Å²) in [4.78, 5) is 10.8. The Hall–Kier alpha value is -0.260. The Bertz CT molecular complexity index is 372. The van der Waals surface area contributed by atoms with Gasteiger partial charge in [-0.3, -0.25) is 9.97 Å². The van der Waals surface area contributed by atoms with E-state index < -0.39 is 0 Å². The molecule has 0 saturated carbocycles. The minimum atomic E-state index is 0.00999. The van der Waals surface area contributed by atoms with Gasteiger partial charge in [-0.2, -0.15) is 0 Å². The van der Waals surface area contributed by atoms with Gasteiger partial charge in [0.2, 0.25) is 0 Å². The van der Waals surface area contributed by atoms with Gasteiger partial charge in [0, 0.05) is 22.2 Å². The van der Waals surface area contributed by atoms with Crippen molar-refractivity contribution in [2.75, 3.05) is 5.08 Å². The topological polar surface area (TPSA) is 25.8 Å². The fourth-order valence-corrected chi connectivity index (χ4v) is 4.77. The Morgan fingerprint density at radius 1 is 1.54 bits per heavy atom. The molecule has 0 bridgehead atoms. The minimum absolute atomic E-state index is 0.00999. The fourth-order valence-electron chi connectivity index (χ4n) is 1.08. The summed E-state index contributed by atoms with van der Waals surface area (Å²) < 4.78 is 0. The summed E-state index contributed by atoms with van der Waals surface area (Å²) in [5.74, 6) is 0. The zero-order chi connectivity index (χ0) is 9.26. The first-order valence-corrected chi connectivity index (χ1v) is 7.08. The molecular formula is C8H8N2S3. The molecule has 1 aromatic heterocycles. The normalized spacial score (nSPS) is 22.4. The highest BCUT2D eigenvalue weighted by Crippen LogP contribution is 2.37. The third-order valence-electron chi connectivity index (χ3n) is 1.77. The van der Waals surface area contributed by atoms with Crippen molar-refractivity contribution < 1.29 is 0 Å². The molecule has 68 valence electrons. The van der Waals surface area contributed by atoms with E-state index in [0.717, 1.165) is 10.8 Å². The zero-order valence-corrected chi connectivity index (χ0v) is 9.51. The number of thioether (sulfide) groups is 1. The molecule has 1 unspecified atom stereocenters. The molecule has 2 rings (SSSR count). The summed E-state index contributed by atoms with van der Waals surface area (Å²) in [7, 11) is 0.00999. The van der Waals surface area contributed by atoms with Gasteiger partial charge >= 0.3 is 0 Å². The number of nitrogens with zero attached hydrogens (tertiary/aromatic N) is 2. The number of hydrogen-bond donors (Lipinski definition) is 0. The summed E-state index contributed by atoms with van der Waals surface area (Å²) in [6.07, 6.45) is 5.20. The number of aromatic nitrogens is 2. The van der Waals surface area contributed by atoms with Gasteiger partial charge in [0.05, 0.1) is 17.0 Å². The van der Waals surface area contributed by atoms with Crippen LogP contribution in [0.1, 0.15) is 12.6 Å². The third kappa shape index (κ3) is 1.82. The van der Waals surface area contributed by atoms with Gasteiger partial charge in [0.15, 0.2) is 0 Å². The van der Waals surface area contributed by atoms with Crippen LogP contribution < -0.4 is 0 Å². The van der Waals surface area contributed by atoms with E-state index in [0.29, 0.717) is 0 Å². The van der Waals surface area contributed by atoms with Gasteiger partial charge in [-0.05, 0) is 18.1 Å². The number of allylic oxidation sites excluding steroid dienone is 1. The van der Waals surface area contributed by atoms with Crippen LogP contribution in [0.3, 0.4) is 0 Å². The lowest BCUT2D eigenvalue weighted by Gasteiger charge is -1.99. The standard InChI is InChI=1S/C8H8N2S3/c1-6-8(12-5-13(6)11)7-4-9-2-3-10-7/h2-4H,5H2,1H3. The van der Waals surface area contributed by atoms with Gasteiger partial charge in [-0.1, -0.05) is 9.45 Å². The van der Waals surface area contributed by atoms with Crippen LogP contribution in [0.2, 0.25) is 0 Å². The quantitative estimate of drug-likeness (QED) is 0.734. The molecular weight excluding hydrogens is 220 g/mol. The fraction of sp³-hybridized carbons (Fsp3) is 0.250. The lowest BCUT2D eigenvalue weighted by Crippen LogP contribution is -1.87. The second-order valence-corrected chi connectivity index (χ2v) is 6.73. The molecule has 5 heteroatoms. The highest BCUT2D eigenvalue weighted by atomic mass is 32.8. The maximum Gasteiger partial charge on any atom is 0.0956 e. The Morgan fingerprint density at radius 2 is 2.38 bits per heavy atom. The van der Waals surface area contributed by atoms with Gasteiger partial charge in [-0.15, -0.1) is 11.8 Å². The average Bonchev–Trinajstić information content (AvgIpc) is 2.49. The van der Waals surface area contributed by atoms with E-state index in [2.05, 4.69) is 16.9 Å². The van der Waals surface area contributed by atoms with Crippen LogP contribution in [-0.4, -0.2) is 15.1 Å². The van der Waals surface area contributed by atoms with E-state index >= 15 is 0 Å². The molecule has 1 atom stereocenters. The van der Waals surface area contributed by atoms with E-state index in [1.54, 1.807) is 30.4 Å². The molecule has 0 aliphatic carbocycles. The summed E-state index contributed by atoms with van der Waals surface area (Å²) in [6.45, 7) is 2.10. The molecule has 0 saturated heterocycles. The van der Waals surface area contributed by atoms with Crippen molar-refractivity contribution in [2.24, 2.45) is 0 Å². The molecule has 0 amide bonds. The number of hydrogen-bond acceptors (Lipinski definition) is 4. The third-order valence-corrected chi connectivity index (χ3v) is 6.53. The van der Waals surface area contributed by atoms with Crippen molar-refractivity contribution in [2.45, 2.75) is 6.92 Å². The first kappa shape index (κ1) is 9.30. The molecule has 13 heavy (non-hydrogen) atoms. The minimum Gasteiger partial charge on any atom is -0.261 e. The van der Waals surface area contributed by atoms with Crippen LogP contribution in [0, 0.1) is 0 Å². The Balaban J connectivity index is 2.43. The first-order valence-electron chi connectivity index (χ1n) is 3.77. The summed E-state index contributed by atoms with van der Waals surface area (Å²) in [5.41, 5.74) is 0.963. The van der Waals surface area contributed by atoms with Crippen molar-refractivity contribution in [1.82, 2.24) is 9.97 Å². The molecule has 0 fully saturated rings. The second kappa shape index (κ2) is 3.86. The highest BCUT2D eigenvalue weighted by molar-refractivity contribution is 8.39. The van der Waals surface area contributed by atoms with Crippen LogP contribution in [0.25, 0.3) is 4.91 Å². The molecule has 1 aliphatic rings. The van der Waals surface area contributed by atoms with E-state index in [1.165, 1.54) is 9.81 Å². The smallest absolute Gasteiger partial charge is 0.0956 e. The van der Waals surface area contributed by atoms with Crippen LogP contribution in [0.4, 0.5) is 0 Å². The molecule has 1 aromatic rings. The van der Waals surface area contributed by atoms with E-state index in [9.17, 15) is 0 Å². The zero-order valence-electron chi connectivity index (χ0n) is 7.06. The molecule has 2 heterocycles. The summed E-state index contributed by atoms with van der Waals surface area (Å²) >= 11 is 7.10. The Labute approximate surface area is 88.5 Å². The first-order chi connectivity index (χ1) is 6.29. The number of rotatable bonds is 1. The molecule has 0 spiro atoms. The van der Waals surface area contributed by atoms with Crippen LogP contribution >= 0.6 is 11.8 Å². The lowest BCUT2D eigenvalue weighted by atomic mass is 10.4. The summed E-state index contributed by atoms with van der Waals surface area (Å²) in [5, 5.41) is 1.02. The highest BCUT2D eigenvalue weighted by Gasteiger charge is 2.17. The van der Waals surface area contributed by atoms with E-state index in [4.69, 9.17) is 11.2 Å². The molecule has 1 aliphatic heterocycles. The SMILES string of the molecule is CC1=C(c2cnccn2)SCS1=S. The maximum atomic E-state index is 5.30. The van der Waals surface area contributed by atoms with Crippen molar-refractivity contribution >= 4 is 37.3 Å². The largest absolute Gasteiger partial charge is 0.261 e. The second-order valence-electron chi connectivity index (χ2n) is 2.58. The molecule has 0 aromatic carbocycles. The van der Waals surface area contributed by atoms with Crippen LogP contribution in [0.15, 0.2) is 23.5 Å². The molecule has 0 radical (unpaired) electrons.